The van der Waals surface area contributed by atoms with Gasteiger partial charge in [0, 0.05) is 32.2 Å². The molecule has 0 saturated heterocycles. The monoisotopic (exact) mass is 1030 g/mol. The van der Waals surface area contributed by atoms with Gasteiger partial charge in [0.15, 0.2) is 20.2 Å². The van der Waals surface area contributed by atoms with Crippen LogP contribution in [0.1, 0.15) is 90.7 Å². The lowest BCUT2D eigenvalue weighted by molar-refractivity contribution is 0.0992. The Hall–Kier alpha value is -3.61. The number of hydrogen-bond donors (Lipinski definition) is 1. The number of nitrogens with zero attached hydrogens (tertiary/aromatic N) is 1. The Morgan fingerprint density at radius 2 is 1.09 bits per heavy atom. The van der Waals surface area contributed by atoms with E-state index in [4.69, 9.17) is 9.69 Å². The molecule has 0 N–H and O–H groups in total. The number of aldehydes is 1. The molecule has 5 aromatic carbocycles. The molecule has 0 bridgehead atoms. The number of hydrogen-bond acceptors (Lipinski definition) is 9. The maximum absolute atomic E-state index is 14.0. The number of benzene rings is 5. The maximum atomic E-state index is 14.0. The van der Waals surface area contributed by atoms with Crippen LogP contribution >= 0.6 is 59.7 Å². The molecule has 0 fully saturated rings. The van der Waals surface area contributed by atoms with Crippen molar-refractivity contribution >= 4 is 86.1 Å². The highest BCUT2D eigenvalue weighted by atomic mass is 32.2. The van der Waals surface area contributed by atoms with E-state index in [1.165, 1.54) is 47.4 Å². The summed E-state index contributed by atoms with van der Waals surface area (Å²) in [6.45, 7) is 21.7. The van der Waals surface area contributed by atoms with Crippen molar-refractivity contribution in [1.29, 1.82) is 5.26 Å². The molecule has 0 aliphatic carbocycles. The van der Waals surface area contributed by atoms with Crippen LogP contribution in [0.3, 0.4) is 0 Å². The Balaban J connectivity index is 0.000000844. The first-order chi connectivity index (χ1) is 31.6. The van der Waals surface area contributed by atoms with Crippen LogP contribution in [0.25, 0.3) is 6.08 Å². The van der Waals surface area contributed by atoms with Crippen LogP contribution in [0, 0.1) is 70.3 Å². The lowest BCUT2D eigenvalue weighted by atomic mass is 9.96. The summed E-state index contributed by atoms with van der Waals surface area (Å²) in [6, 6.07) is 25.3. The van der Waals surface area contributed by atoms with E-state index in [2.05, 4.69) is 38.3 Å². The molecular weight excluding hydrogens is 956 g/mol. The second-order valence-electron chi connectivity index (χ2n) is 15.7. The molecule has 364 valence electrons. The summed E-state index contributed by atoms with van der Waals surface area (Å²) < 4.78 is 46.6. The molecule has 5 aromatic rings. The third-order valence-electron chi connectivity index (χ3n) is 9.80. The number of allylic oxidation sites excluding steroid dienone is 1. The average molecular weight is 1030 g/mol. The fourth-order valence-corrected chi connectivity index (χ4v) is 9.16. The summed E-state index contributed by atoms with van der Waals surface area (Å²) in [4.78, 5) is 24.8. The highest BCUT2D eigenvalue weighted by Gasteiger charge is 2.22. The maximum Gasteiger partial charge on any atom is 0.186 e. The number of carbonyl (C=O) groups is 2. The van der Waals surface area contributed by atoms with E-state index in [-0.39, 0.29) is 29.7 Å². The molecule has 0 spiro atoms. The summed E-state index contributed by atoms with van der Waals surface area (Å²) in [5.74, 6) is 0.298. The molecular formula is C54H70F3NO3S5Si. The number of thioether (sulfide) groups is 4. The van der Waals surface area contributed by atoms with E-state index in [9.17, 15) is 22.8 Å². The minimum Gasteiger partial charge on any atom is -0.399 e. The zero-order valence-corrected chi connectivity index (χ0v) is 47.3. The quantitative estimate of drug-likeness (QED) is 0.0461. The van der Waals surface area contributed by atoms with Crippen LogP contribution in [0.15, 0.2) is 99.6 Å². The Labute approximate surface area is 424 Å². The molecule has 0 radical (unpaired) electrons. The smallest absolute Gasteiger partial charge is 0.186 e. The van der Waals surface area contributed by atoms with Gasteiger partial charge in [-0.15, -0.1) is 35.3 Å². The van der Waals surface area contributed by atoms with E-state index < -0.39 is 14.4 Å². The highest BCUT2D eigenvalue weighted by molar-refractivity contribution is 7.99. The standard InChI is InChI=1S/C17H17FOS.C12H15FS.C11H15NOSi.C10H11FOS.2C2H6S/c1-11-12(2)17(20-3)15(18)9-14(11)10-16(19)13-7-5-4-6-8-13;1-5-6-10-7-11(13)12(14-4)9(3)8(10)2;1-14(2,3)13-11(9-12)10-7-5-4-6-8-10;1-6-7(2)10(13-3)9(11)4-8(6)5-12;1-3-2;1-2-3/h4-9H,10H2,1-3H3;5-7H,1-4H3;4-8,11H,1-3H3;4-5H,1-3H3;1-2H3;3H,2H2,1H3/b;6-5+;;;;. The van der Waals surface area contributed by atoms with Gasteiger partial charge in [0.05, 0.1) is 6.07 Å². The van der Waals surface area contributed by atoms with E-state index in [1.807, 2.05) is 147 Å². The Morgan fingerprint density at radius 1 is 0.701 bits per heavy atom. The minimum atomic E-state index is -1.65. The number of ketones is 1. The van der Waals surface area contributed by atoms with Crippen LogP contribution in [0.4, 0.5) is 13.2 Å². The number of Topliss-reactive ketones (excluding diaryl/α,β-unsaturated/α-hetero) is 1. The van der Waals surface area contributed by atoms with E-state index in [1.54, 1.807) is 30.0 Å². The third kappa shape index (κ3) is 21.7. The normalized spacial score (nSPS) is 10.8. The number of nitriles is 1. The number of thiol groups is 1. The van der Waals surface area contributed by atoms with Crippen LogP contribution in [-0.4, -0.2) is 57.4 Å². The van der Waals surface area contributed by atoms with Gasteiger partial charge in [-0.25, -0.2) is 13.2 Å². The van der Waals surface area contributed by atoms with Crippen LogP contribution in [0.5, 0.6) is 0 Å². The molecule has 0 amide bonds. The van der Waals surface area contributed by atoms with Crippen molar-refractivity contribution < 1.29 is 27.2 Å². The molecule has 67 heavy (non-hydrogen) atoms. The predicted molar refractivity (Wildman–Crippen MR) is 296 cm³/mol. The van der Waals surface area contributed by atoms with E-state index in [0.717, 1.165) is 60.7 Å². The van der Waals surface area contributed by atoms with Crippen molar-refractivity contribution in [1.82, 2.24) is 0 Å². The number of rotatable bonds is 11. The predicted octanol–water partition coefficient (Wildman–Crippen LogP) is 16.8. The lowest BCUT2D eigenvalue weighted by Gasteiger charge is -2.21. The van der Waals surface area contributed by atoms with Gasteiger partial charge >= 0.3 is 0 Å². The molecule has 13 heteroatoms. The minimum absolute atomic E-state index is 0.0180. The third-order valence-corrected chi connectivity index (χ3v) is 13.5. The van der Waals surface area contributed by atoms with Gasteiger partial charge in [-0.05, 0) is 173 Å². The molecule has 0 aliphatic heterocycles. The summed E-state index contributed by atoms with van der Waals surface area (Å²) in [5, 5.41) is 8.99. The summed E-state index contributed by atoms with van der Waals surface area (Å²) >= 11 is 9.77. The second-order valence-corrected chi connectivity index (χ2v) is 24.1. The van der Waals surface area contributed by atoms with Gasteiger partial charge in [0.1, 0.15) is 23.7 Å². The lowest BCUT2D eigenvalue weighted by Crippen LogP contribution is -2.27. The topological polar surface area (TPSA) is 67.2 Å². The molecule has 5 rings (SSSR count). The van der Waals surface area contributed by atoms with E-state index >= 15 is 0 Å². The zero-order valence-electron chi connectivity index (χ0n) is 42.1. The SMILES string of the molecule is C/C=C/c1cc(F)c(SC)c(C)c1C.CCS.CSC.CSc1c(F)cc(C=O)c(C)c1C.CSc1c(F)cc(CC(=O)c2ccccc2)c(C)c1C.C[Si](C)(C)OC(C#N)c1ccccc1. The Morgan fingerprint density at radius 3 is 1.48 bits per heavy atom. The summed E-state index contributed by atoms with van der Waals surface area (Å²) in [7, 11) is -1.65. The van der Waals surface area contributed by atoms with Crippen molar-refractivity contribution in [2.75, 3.05) is 37.0 Å². The first-order valence-corrected chi connectivity index (χ1v) is 30.8. The molecule has 0 aromatic heterocycles. The molecule has 0 aliphatic rings. The molecule has 0 saturated carbocycles. The van der Waals surface area contributed by atoms with Gasteiger partial charge in [-0.1, -0.05) is 79.7 Å². The fraction of sp³-hybridized carbons (Fsp3) is 0.352. The van der Waals surface area contributed by atoms with Crippen molar-refractivity contribution in [2.45, 2.75) is 102 Å². The van der Waals surface area contributed by atoms with E-state index in [0.29, 0.717) is 27.2 Å². The first kappa shape index (κ1) is 63.4. The van der Waals surface area contributed by atoms with Crippen LogP contribution in [-0.2, 0) is 10.8 Å². The van der Waals surface area contributed by atoms with Crippen LogP contribution < -0.4 is 0 Å². The fourth-order valence-electron chi connectivity index (χ4n) is 6.13. The molecule has 1 atom stereocenters. The number of carbonyl (C=O) groups excluding carboxylic acids is 2. The Bertz CT molecular complexity index is 2370. The van der Waals surface area contributed by atoms with Crippen molar-refractivity contribution in [3.8, 4) is 6.07 Å². The second kappa shape index (κ2) is 33.8. The van der Waals surface area contributed by atoms with Gasteiger partial charge in [0.2, 0.25) is 0 Å². The largest absolute Gasteiger partial charge is 0.399 e. The molecule has 0 heterocycles. The van der Waals surface area contributed by atoms with Gasteiger partial charge in [0.25, 0.3) is 0 Å². The molecule has 1 unspecified atom stereocenters. The summed E-state index contributed by atoms with van der Waals surface area (Å²) in [5.41, 5.74) is 9.64. The first-order valence-electron chi connectivity index (χ1n) is 21.4. The van der Waals surface area contributed by atoms with Crippen molar-refractivity contribution in [3.63, 3.8) is 0 Å². The van der Waals surface area contributed by atoms with Crippen molar-refractivity contribution in [2.24, 2.45) is 0 Å². The van der Waals surface area contributed by atoms with Gasteiger partial charge in [-0.3, -0.25) is 9.59 Å². The van der Waals surface area contributed by atoms with Crippen molar-refractivity contribution in [3.05, 3.63) is 164 Å². The highest BCUT2D eigenvalue weighted by Crippen LogP contribution is 2.31. The number of halogens is 3. The van der Waals surface area contributed by atoms with Crippen LogP contribution in [0.2, 0.25) is 19.6 Å². The summed E-state index contributed by atoms with van der Waals surface area (Å²) in [6.07, 6.45) is 14.1. The Kier molecular flexibility index (Phi) is 32.0. The van der Waals surface area contributed by atoms with Gasteiger partial charge in [-0.2, -0.15) is 29.7 Å². The van der Waals surface area contributed by atoms with Gasteiger partial charge < -0.3 is 4.43 Å². The zero-order chi connectivity index (χ0) is 51.4. The average Bonchev–Trinajstić information content (AvgIpc) is 3.29. The molecule has 4 nitrogen and oxygen atoms in total.